The maximum Gasteiger partial charge on any atom is 0.223 e. The molecule has 1 aliphatic carbocycles. The third kappa shape index (κ3) is 1.82. The maximum absolute atomic E-state index is 11.0. The number of carbonyl (C=O) groups excluding carboxylic acids is 2. The second kappa shape index (κ2) is 3.23. The van der Waals surface area contributed by atoms with Crippen LogP contribution in [-0.4, -0.2) is 28.9 Å². The molecule has 0 aromatic carbocycles. The second-order valence-electron chi connectivity index (χ2n) is 3.16. The summed E-state index contributed by atoms with van der Waals surface area (Å²) in [6.07, 6.45) is 1.55. The van der Waals surface area contributed by atoms with Gasteiger partial charge in [-0.25, -0.2) is 0 Å². The van der Waals surface area contributed by atoms with Crippen LogP contribution in [0.2, 0.25) is 0 Å². The first-order chi connectivity index (χ1) is 5.60. The Morgan fingerprint density at radius 1 is 1.50 bits per heavy atom. The normalized spacial score (nSPS) is 18.5. The van der Waals surface area contributed by atoms with E-state index in [1.165, 1.54) is 6.92 Å². The van der Waals surface area contributed by atoms with Crippen LogP contribution in [0, 0.1) is 0 Å². The molecule has 1 fully saturated rings. The zero-order chi connectivity index (χ0) is 9.19. The molecule has 0 aromatic heterocycles. The van der Waals surface area contributed by atoms with Crippen molar-refractivity contribution in [2.45, 2.75) is 31.7 Å². The van der Waals surface area contributed by atoms with Crippen molar-refractivity contribution >= 4 is 11.7 Å². The molecular formula is C8H13NO3. The molecular weight excluding hydrogens is 158 g/mol. The number of hydrogen-bond acceptors (Lipinski definition) is 3. The quantitative estimate of drug-likeness (QED) is 0.605. The standard InChI is InChI=1S/C8H13NO3/c1-6(11)8(3-4-8)9-7(12)2-5-10/h10H,2-5H2,1H3,(H,9,12). The lowest BCUT2D eigenvalue weighted by atomic mass is 10.2. The van der Waals surface area contributed by atoms with E-state index in [0.29, 0.717) is 0 Å². The van der Waals surface area contributed by atoms with Crippen molar-refractivity contribution in [3.05, 3.63) is 0 Å². The molecule has 0 spiro atoms. The average molecular weight is 171 g/mol. The van der Waals surface area contributed by atoms with Crippen LogP contribution >= 0.6 is 0 Å². The SMILES string of the molecule is CC(=O)C1(NC(=O)CCO)CC1. The van der Waals surface area contributed by atoms with Gasteiger partial charge in [-0.15, -0.1) is 0 Å². The Hall–Kier alpha value is -0.900. The number of aliphatic hydroxyl groups excluding tert-OH is 1. The molecule has 0 unspecified atom stereocenters. The Labute approximate surface area is 71.0 Å². The summed E-state index contributed by atoms with van der Waals surface area (Å²) in [5.74, 6) is -0.237. The number of nitrogens with one attached hydrogen (secondary N) is 1. The molecule has 68 valence electrons. The predicted molar refractivity (Wildman–Crippen MR) is 42.5 cm³/mol. The van der Waals surface area contributed by atoms with Gasteiger partial charge in [-0.05, 0) is 19.8 Å². The summed E-state index contributed by atoms with van der Waals surface area (Å²) in [5.41, 5.74) is -0.577. The monoisotopic (exact) mass is 171 g/mol. The first kappa shape index (κ1) is 9.19. The third-order valence-corrected chi connectivity index (χ3v) is 2.14. The largest absolute Gasteiger partial charge is 0.396 e. The Bertz CT molecular complexity index is 208. The molecule has 0 saturated heterocycles. The van der Waals surface area contributed by atoms with E-state index in [-0.39, 0.29) is 24.7 Å². The molecule has 0 radical (unpaired) electrons. The van der Waals surface area contributed by atoms with Gasteiger partial charge in [-0.2, -0.15) is 0 Å². The van der Waals surface area contributed by atoms with Crippen LogP contribution in [-0.2, 0) is 9.59 Å². The molecule has 0 heterocycles. The molecule has 0 bridgehead atoms. The number of carbonyl (C=O) groups is 2. The highest BCUT2D eigenvalue weighted by molar-refractivity contribution is 5.93. The van der Waals surface area contributed by atoms with Crippen LogP contribution in [0.4, 0.5) is 0 Å². The predicted octanol–water partition coefficient (Wildman–Crippen LogP) is -0.393. The molecule has 4 heteroatoms. The van der Waals surface area contributed by atoms with Crippen LogP contribution in [0.1, 0.15) is 26.2 Å². The van der Waals surface area contributed by atoms with Crippen molar-refractivity contribution in [3.8, 4) is 0 Å². The van der Waals surface area contributed by atoms with Crippen molar-refractivity contribution in [3.63, 3.8) is 0 Å². The highest BCUT2D eigenvalue weighted by Gasteiger charge is 2.48. The minimum absolute atomic E-state index is 0.00814. The maximum atomic E-state index is 11.0. The molecule has 12 heavy (non-hydrogen) atoms. The van der Waals surface area contributed by atoms with Crippen molar-refractivity contribution in [2.24, 2.45) is 0 Å². The lowest BCUT2D eigenvalue weighted by Gasteiger charge is -2.12. The van der Waals surface area contributed by atoms with Crippen LogP contribution in [0.3, 0.4) is 0 Å². The lowest BCUT2D eigenvalue weighted by molar-refractivity contribution is -0.128. The Balaban J connectivity index is 2.40. The van der Waals surface area contributed by atoms with Gasteiger partial charge in [0, 0.05) is 6.42 Å². The van der Waals surface area contributed by atoms with Gasteiger partial charge in [0.2, 0.25) is 5.91 Å². The number of hydrogen-bond donors (Lipinski definition) is 2. The van der Waals surface area contributed by atoms with Gasteiger partial charge in [0.05, 0.1) is 12.1 Å². The fraction of sp³-hybridized carbons (Fsp3) is 0.750. The van der Waals surface area contributed by atoms with E-state index >= 15 is 0 Å². The van der Waals surface area contributed by atoms with Crippen molar-refractivity contribution in [2.75, 3.05) is 6.61 Å². The van der Waals surface area contributed by atoms with Gasteiger partial charge < -0.3 is 10.4 Å². The van der Waals surface area contributed by atoms with Crippen LogP contribution in [0.15, 0.2) is 0 Å². The van der Waals surface area contributed by atoms with E-state index in [0.717, 1.165) is 12.8 Å². The van der Waals surface area contributed by atoms with E-state index in [2.05, 4.69) is 5.32 Å². The number of ketones is 1. The molecule has 1 aliphatic rings. The number of rotatable bonds is 4. The first-order valence-corrected chi connectivity index (χ1v) is 4.04. The molecule has 1 saturated carbocycles. The van der Waals surface area contributed by atoms with Crippen molar-refractivity contribution in [1.82, 2.24) is 5.32 Å². The topological polar surface area (TPSA) is 66.4 Å². The molecule has 0 atom stereocenters. The summed E-state index contributed by atoms with van der Waals surface area (Å²) in [4.78, 5) is 22.0. The summed E-state index contributed by atoms with van der Waals surface area (Å²) < 4.78 is 0. The van der Waals surface area contributed by atoms with Crippen molar-refractivity contribution in [1.29, 1.82) is 0 Å². The highest BCUT2D eigenvalue weighted by Crippen LogP contribution is 2.36. The van der Waals surface area contributed by atoms with Gasteiger partial charge in [-0.1, -0.05) is 0 Å². The fourth-order valence-electron chi connectivity index (χ4n) is 1.12. The highest BCUT2D eigenvalue weighted by atomic mass is 16.3. The van der Waals surface area contributed by atoms with E-state index in [9.17, 15) is 9.59 Å². The van der Waals surface area contributed by atoms with E-state index in [1.54, 1.807) is 0 Å². The van der Waals surface area contributed by atoms with Gasteiger partial charge in [0.15, 0.2) is 5.78 Å². The Morgan fingerprint density at radius 3 is 2.42 bits per heavy atom. The lowest BCUT2D eigenvalue weighted by Crippen LogP contribution is -2.42. The molecule has 0 aromatic rings. The van der Waals surface area contributed by atoms with E-state index in [1.807, 2.05) is 0 Å². The molecule has 2 N–H and O–H groups in total. The average Bonchev–Trinajstić information content (AvgIpc) is 2.69. The Morgan fingerprint density at radius 2 is 2.08 bits per heavy atom. The molecule has 1 amide bonds. The van der Waals surface area contributed by atoms with E-state index < -0.39 is 5.54 Å². The van der Waals surface area contributed by atoms with Gasteiger partial charge >= 0.3 is 0 Å². The first-order valence-electron chi connectivity index (χ1n) is 4.04. The van der Waals surface area contributed by atoms with Gasteiger partial charge in [0.1, 0.15) is 0 Å². The summed E-state index contributed by atoms with van der Waals surface area (Å²) in [7, 11) is 0. The van der Waals surface area contributed by atoms with Gasteiger partial charge in [0.25, 0.3) is 0 Å². The van der Waals surface area contributed by atoms with Crippen LogP contribution in [0.5, 0.6) is 0 Å². The van der Waals surface area contributed by atoms with E-state index in [4.69, 9.17) is 5.11 Å². The smallest absolute Gasteiger partial charge is 0.223 e. The Kier molecular flexibility index (Phi) is 2.47. The number of amides is 1. The summed E-state index contributed by atoms with van der Waals surface area (Å²) in [6, 6.07) is 0. The minimum atomic E-state index is -0.577. The fourth-order valence-corrected chi connectivity index (χ4v) is 1.12. The molecule has 4 nitrogen and oxygen atoms in total. The third-order valence-electron chi connectivity index (χ3n) is 2.14. The molecule has 0 aliphatic heterocycles. The van der Waals surface area contributed by atoms with Crippen LogP contribution in [0.25, 0.3) is 0 Å². The minimum Gasteiger partial charge on any atom is -0.396 e. The van der Waals surface area contributed by atoms with Crippen LogP contribution < -0.4 is 5.32 Å². The molecule has 1 rings (SSSR count). The number of Topliss-reactive ketones (excluding diaryl/α,β-unsaturated/α-hetero) is 1. The summed E-state index contributed by atoms with van der Waals surface area (Å²) in [6.45, 7) is 1.31. The zero-order valence-corrected chi connectivity index (χ0v) is 7.09. The zero-order valence-electron chi connectivity index (χ0n) is 7.09. The van der Waals surface area contributed by atoms with Gasteiger partial charge in [-0.3, -0.25) is 9.59 Å². The summed E-state index contributed by atoms with van der Waals surface area (Å²) >= 11 is 0. The second-order valence-corrected chi connectivity index (χ2v) is 3.16. The summed E-state index contributed by atoms with van der Waals surface area (Å²) in [5, 5.41) is 11.1. The number of aliphatic hydroxyl groups is 1. The van der Waals surface area contributed by atoms with Crippen molar-refractivity contribution < 1.29 is 14.7 Å².